The summed E-state index contributed by atoms with van der Waals surface area (Å²) >= 11 is 7.38. The number of nitrogens with one attached hydrogen (secondary N) is 1. The summed E-state index contributed by atoms with van der Waals surface area (Å²) in [5.41, 5.74) is 2.68. The van der Waals surface area contributed by atoms with Crippen molar-refractivity contribution in [2.24, 2.45) is 5.92 Å². The zero-order valence-corrected chi connectivity index (χ0v) is 15.3. The summed E-state index contributed by atoms with van der Waals surface area (Å²) in [7, 11) is 0. The molecule has 2 heterocycles. The fourth-order valence-electron chi connectivity index (χ4n) is 2.11. The molecule has 0 spiro atoms. The molecule has 0 aromatic carbocycles. The van der Waals surface area contributed by atoms with Crippen molar-refractivity contribution in [3.8, 4) is 0 Å². The normalized spacial score (nSPS) is 11.0. The van der Waals surface area contributed by atoms with Crippen molar-refractivity contribution in [3.63, 3.8) is 0 Å². The number of rotatable bonds is 6. The number of halogens is 1. The molecule has 0 radical (unpaired) electrons. The number of imidazole rings is 1. The van der Waals surface area contributed by atoms with Gasteiger partial charge in [0.25, 0.3) is 0 Å². The minimum absolute atomic E-state index is 0.126. The third-order valence-corrected chi connectivity index (χ3v) is 4.61. The third-order valence-electron chi connectivity index (χ3n) is 3.34. The number of carbonyl (C=O) groups excluding carboxylic acids is 1. The molecule has 0 aliphatic carbocycles. The van der Waals surface area contributed by atoms with Gasteiger partial charge >= 0.3 is 0 Å². The van der Waals surface area contributed by atoms with E-state index in [1.165, 1.54) is 11.8 Å². The van der Waals surface area contributed by atoms with Crippen LogP contribution in [0.4, 0.5) is 5.69 Å². The van der Waals surface area contributed by atoms with Gasteiger partial charge in [-0.15, -0.1) is 0 Å². The van der Waals surface area contributed by atoms with Gasteiger partial charge in [-0.05, 0) is 31.9 Å². The Bertz CT molecular complexity index is 699. The minimum Gasteiger partial charge on any atom is -0.323 e. The van der Waals surface area contributed by atoms with Crippen LogP contribution in [0.1, 0.15) is 25.2 Å². The Morgan fingerprint density at radius 2 is 2.17 bits per heavy atom. The van der Waals surface area contributed by atoms with Gasteiger partial charge in [-0.2, -0.15) is 0 Å². The monoisotopic (exact) mass is 352 g/mol. The van der Waals surface area contributed by atoms with Crippen molar-refractivity contribution in [1.82, 2.24) is 14.5 Å². The summed E-state index contributed by atoms with van der Waals surface area (Å²) < 4.78 is 2.18. The van der Waals surface area contributed by atoms with Crippen molar-refractivity contribution in [3.05, 3.63) is 34.9 Å². The third kappa shape index (κ3) is 4.72. The molecule has 0 unspecified atom stereocenters. The quantitative estimate of drug-likeness (QED) is 0.632. The highest BCUT2D eigenvalue weighted by molar-refractivity contribution is 7.99. The predicted molar refractivity (Wildman–Crippen MR) is 95.1 cm³/mol. The molecule has 1 amide bonds. The number of carbonyl (C=O) groups is 1. The molecule has 5 nitrogen and oxygen atoms in total. The van der Waals surface area contributed by atoms with Gasteiger partial charge in [-0.3, -0.25) is 4.79 Å². The second kappa shape index (κ2) is 7.84. The van der Waals surface area contributed by atoms with Crippen molar-refractivity contribution in [1.29, 1.82) is 0 Å². The predicted octanol–water partition coefficient (Wildman–Crippen LogP) is 3.94. The lowest BCUT2D eigenvalue weighted by Crippen LogP contribution is -2.15. The molecule has 23 heavy (non-hydrogen) atoms. The van der Waals surface area contributed by atoms with Crippen molar-refractivity contribution in [2.45, 2.75) is 39.4 Å². The standard InChI is InChI=1S/C16H21ClN4OS/c1-10(2)8-21-12(4)11(3)19-16(21)23-9-14(22)20-13-6-5-7-18-15(13)17/h5-7,10H,8-9H2,1-4H3,(H,20,22). The number of pyridine rings is 1. The highest BCUT2D eigenvalue weighted by Crippen LogP contribution is 2.23. The fourth-order valence-corrected chi connectivity index (χ4v) is 3.18. The Hall–Kier alpha value is -1.53. The van der Waals surface area contributed by atoms with E-state index in [-0.39, 0.29) is 11.7 Å². The Kier molecular flexibility index (Phi) is 6.07. The van der Waals surface area contributed by atoms with Crippen LogP contribution in [0.5, 0.6) is 0 Å². The average molecular weight is 353 g/mol. The van der Waals surface area contributed by atoms with Gasteiger partial charge < -0.3 is 9.88 Å². The average Bonchev–Trinajstić information content (AvgIpc) is 2.75. The molecular formula is C16H21ClN4OS. The number of thioether (sulfide) groups is 1. The molecule has 2 rings (SSSR count). The highest BCUT2D eigenvalue weighted by Gasteiger charge is 2.14. The Morgan fingerprint density at radius 3 is 2.83 bits per heavy atom. The molecule has 1 N–H and O–H groups in total. The van der Waals surface area contributed by atoms with Gasteiger partial charge in [0.05, 0.1) is 17.1 Å². The number of amides is 1. The zero-order valence-electron chi connectivity index (χ0n) is 13.8. The summed E-state index contributed by atoms with van der Waals surface area (Å²) in [6.07, 6.45) is 1.58. The summed E-state index contributed by atoms with van der Waals surface area (Å²) in [5, 5.41) is 3.94. The first kappa shape index (κ1) is 17.8. The molecule has 0 bridgehead atoms. The molecule has 2 aromatic rings. The van der Waals surface area contributed by atoms with Gasteiger partial charge in [0.15, 0.2) is 10.3 Å². The van der Waals surface area contributed by atoms with E-state index in [4.69, 9.17) is 11.6 Å². The van der Waals surface area contributed by atoms with Crippen LogP contribution in [0.2, 0.25) is 5.15 Å². The van der Waals surface area contributed by atoms with E-state index >= 15 is 0 Å². The smallest absolute Gasteiger partial charge is 0.234 e. The number of aryl methyl sites for hydroxylation is 1. The van der Waals surface area contributed by atoms with Crippen LogP contribution in [-0.2, 0) is 11.3 Å². The van der Waals surface area contributed by atoms with Gasteiger partial charge in [0, 0.05) is 18.4 Å². The maximum atomic E-state index is 12.1. The lowest BCUT2D eigenvalue weighted by Gasteiger charge is -2.12. The van der Waals surface area contributed by atoms with E-state index in [0.717, 1.165) is 23.1 Å². The van der Waals surface area contributed by atoms with Crippen LogP contribution >= 0.6 is 23.4 Å². The lowest BCUT2D eigenvalue weighted by atomic mass is 10.2. The van der Waals surface area contributed by atoms with E-state index in [0.29, 0.717) is 16.8 Å². The number of hydrogen-bond acceptors (Lipinski definition) is 4. The SMILES string of the molecule is Cc1nc(SCC(=O)Nc2cccnc2Cl)n(CC(C)C)c1C. The van der Waals surface area contributed by atoms with Gasteiger partial charge in [0.1, 0.15) is 0 Å². The van der Waals surface area contributed by atoms with Gasteiger partial charge in [0.2, 0.25) is 5.91 Å². The molecule has 0 saturated carbocycles. The van der Waals surface area contributed by atoms with Crippen LogP contribution in [0.3, 0.4) is 0 Å². The zero-order chi connectivity index (χ0) is 17.0. The number of hydrogen-bond donors (Lipinski definition) is 1. The van der Waals surface area contributed by atoms with E-state index in [9.17, 15) is 4.79 Å². The highest BCUT2D eigenvalue weighted by atomic mass is 35.5. The van der Waals surface area contributed by atoms with Crippen LogP contribution in [-0.4, -0.2) is 26.2 Å². The molecule has 0 fully saturated rings. The molecular weight excluding hydrogens is 332 g/mol. The minimum atomic E-state index is -0.126. The first-order valence-corrected chi connectivity index (χ1v) is 8.81. The first-order chi connectivity index (χ1) is 10.9. The second-order valence-corrected chi connectivity index (χ2v) is 7.05. The maximum absolute atomic E-state index is 12.1. The van der Waals surface area contributed by atoms with Crippen LogP contribution in [0.15, 0.2) is 23.5 Å². The summed E-state index contributed by atoms with van der Waals surface area (Å²) in [6.45, 7) is 9.28. The number of anilines is 1. The number of aromatic nitrogens is 3. The van der Waals surface area contributed by atoms with Crippen molar-refractivity contribution in [2.75, 3.05) is 11.1 Å². The molecule has 2 aromatic heterocycles. The van der Waals surface area contributed by atoms with Crippen LogP contribution in [0, 0.1) is 19.8 Å². The summed E-state index contributed by atoms with van der Waals surface area (Å²) in [4.78, 5) is 20.6. The van der Waals surface area contributed by atoms with E-state index in [2.05, 4.69) is 40.6 Å². The Morgan fingerprint density at radius 1 is 1.43 bits per heavy atom. The summed E-state index contributed by atoms with van der Waals surface area (Å²) in [6, 6.07) is 3.46. The van der Waals surface area contributed by atoms with Crippen molar-refractivity contribution < 1.29 is 4.79 Å². The first-order valence-electron chi connectivity index (χ1n) is 7.45. The molecule has 124 valence electrons. The summed E-state index contributed by atoms with van der Waals surface area (Å²) in [5.74, 6) is 0.670. The van der Waals surface area contributed by atoms with Gasteiger partial charge in [-0.1, -0.05) is 37.2 Å². The topological polar surface area (TPSA) is 59.8 Å². The molecule has 0 atom stereocenters. The number of nitrogens with zero attached hydrogens (tertiary/aromatic N) is 3. The molecule has 0 aliphatic heterocycles. The molecule has 7 heteroatoms. The van der Waals surface area contributed by atoms with E-state index in [1.54, 1.807) is 18.3 Å². The maximum Gasteiger partial charge on any atom is 0.234 e. The van der Waals surface area contributed by atoms with E-state index < -0.39 is 0 Å². The largest absolute Gasteiger partial charge is 0.323 e. The van der Waals surface area contributed by atoms with E-state index in [1.807, 2.05) is 6.92 Å². The lowest BCUT2D eigenvalue weighted by molar-refractivity contribution is -0.113. The van der Waals surface area contributed by atoms with Crippen LogP contribution in [0.25, 0.3) is 0 Å². The molecule has 0 saturated heterocycles. The Labute approximate surface area is 145 Å². The Balaban J connectivity index is 2.02. The fraction of sp³-hybridized carbons (Fsp3) is 0.438. The van der Waals surface area contributed by atoms with Gasteiger partial charge in [-0.25, -0.2) is 9.97 Å². The molecule has 0 aliphatic rings. The van der Waals surface area contributed by atoms with Crippen molar-refractivity contribution >= 4 is 35.0 Å². The second-order valence-electron chi connectivity index (χ2n) is 5.75. The van der Waals surface area contributed by atoms with Crippen LogP contribution < -0.4 is 5.32 Å².